The Hall–Kier alpha value is -3.75. The molecule has 140 valence electrons. The highest BCUT2D eigenvalue weighted by Gasteiger charge is 2.15. The van der Waals surface area contributed by atoms with Gasteiger partial charge in [0, 0.05) is 11.9 Å². The SMILES string of the molecule is COc1ccccc1NC(=O)C(=O)N/N=C(\C)CC(=O)Nc1cccnc1. The molecule has 9 nitrogen and oxygen atoms in total. The maximum atomic E-state index is 11.9. The maximum Gasteiger partial charge on any atom is 0.329 e. The molecular weight excluding hydrogens is 350 g/mol. The van der Waals surface area contributed by atoms with Gasteiger partial charge in [-0.3, -0.25) is 19.4 Å². The van der Waals surface area contributed by atoms with Gasteiger partial charge in [-0.05, 0) is 31.2 Å². The summed E-state index contributed by atoms with van der Waals surface area (Å²) in [6, 6.07) is 10.1. The Morgan fingerprint density at radius 2 is 1.85 bits per heavy atom. The molecule has 3 N–H and O–H groups in total. The Morgan fingerprint density at radius 3 is 2.56 bits per heavy atom. The van der Waals surface area contributed by atoms with Crippen LogP contribution < -0.4 is 20.8 Å². The first-order chi connectivity index (χ1) is 13.0. The van der Waals surface area contributed by atoms with Gasteiger partial charge >= 0.3 is 11.8 Å². The molecule has 0 aliphatic rings. The van der Waals surface area contributed by atoms with Crippen LogP contribution in [0.4, 0.5) is 11.4 Å². The smallest absolute Gasteiger partial charge is 0.329 e. The fourth-order valence-corrected chi connectivity index (χ4v) is 2.04. The van der Waals surface area contributed by atoms with Crippen molar-refractivity contribution in [3.05, 3.63) is 48.8 Å². The van der Waals surface area contributed by atoms with Crippen molar-refractivity contribution < 1.29 is 19.1 Å². The van der Waals surface area contributed by atoms with Crippen LogP contribution >= 0.6 is 0 Å². The third-order valence-corrected chi connectivity index (χ3v) is 3.27. The van der Waals surface area contributed by atoms with E-state index in [1.807, 2.05) is 0 Å². The second kappa shape index (κ2) is 9.66. The normalized spacial score (nSPS) is 10.7. The Balaban J connectivity index is 1.85. The number of pyridine rings is 1. The molecule has 0 atom stereocenters. The molecule has 0 saturated heterocycles. The highest BCUT2D eigenvalue weighted by molar-refractivity contribution is 6.39. The molecule has 0 radical (unpaired) electrons. The number of nitrogens with one attached hydrogen (secondary N) is 3. The number of rotatable bonds is 6. The molecule has 0 aliphatic carbocycles. The summed E-state index contributed by atoms with van der Waals surface area (Å²) in [4.78, 5) is 39.5. The van der Waals surface area contributed by atoms with Gasteiger partial charge in [0.2, 0.25) is 5.91 Å². The predicted octanol–water partition coefficient (Wildman–Crippen LogP) is 1.55. The molecular formula is C18H19N5O4. The van der Waals surface area contributed by atoms with Gasteiger partial charge in [-0.15, -0.1) is 0 Å². The van der Waals surface area contributed by atoms with Gasteiger partial charge in [0.25, 0.3) is 0 Å². The first kappa shape index (κ1) is 19.6. The number of benzene rings is 1. The van der Waals surface area contributed by atoms with Crippen LogP contribution in [0.15, 0.2) is 53.9 Å². The molecule has 0 spiro atoms. The summed E-state index contributed by atoms with van der Waals surface area (Å²) in [7, 11) is 1.45. The first-order valence-corrected chi connectivity index (χ1v) is 7.97. The van der Waals surface area contributed by atoms with E-state index in [0.717, 1.165) is 0 Å². The average Bonchev–Trinajstić information content (AvgIpc) is 2.67. The molecule has 27 heavy (non-hydrogen) atoms. The average molecular weight is 369 g/mol. The second-order valence-electron chi connectivity index (χ2n) is 5.41. The molecule has 0 bridgehead atoms. The zero-order valence-corrected chi connectivity index (χ0v) is 14.9. The summed E-state index contributed by atoms with van der Waals surface area (Å²) >= 11 is 0. The van der Waals surface area contributed by atoms with Gasteiger partial charge in [-0.1, -0.05) is 12.1 Å². The number of amides is 3. The minimum absolute atomic E-state index is 0.0523. The molecule has 1 aromatic carbocycles. The number of carbonyl (C=O) groups is 3. The summed E-state index contributed by atoms with van der Waals surface area (Å²) in [6.07, 6.45) is 3.05. The van der Waals surface area contributed by atoms with Crippen molar-refractivity contribution in [3.8, 4) is 5.75 Å². The maximum absolute atomic E-state index is 11.9. The van der Waals surface area contributed by atoms with E-state index < -0.39 is 11.8 Å². The quantitative estimate of drug-likeness (QED) is 0.405. The van der Waals surface area contributed by atoms with Crippen LogP contribution in [-0.2, 0) is 14.4 Å². The van der Waals surface area contributed by atoms with Crippen molar-refractivity contribution in [3.63, 3.8) is 0 Å². The van der Waals surface area contributed by atoms with Crippen LogP contribution in [0.5, 0.6) is 5.75 Å². The van der Waals surface area contributed by atoms with Gasteiger partial charge < -0.3 is 15.4 Å². The number of hydrogen-bond acceptors (Lipinski definition) is 6. The number of nitrogens with zero attached hydrogens (tertiary/aromatic N) is 2. The van der Waals surface area contributed by atoms with Gasteiger partial charge in [0.1, 0.15) is 5.75 Å². The van der Waals surface area contributed by atoms with Crippen LogP contribution in [0.2, 0.25) is 0 Å². The van der Waals surface area contributed by atoms with Crippen molar-refractivity contribution in [2.45, 2.75) is 13.3 Å². The highest BCUT2D eigenvalue weighted by atomic mass is 16.5. The fraction of sp³-hybridized carbons (Fsp3) is 0.167. The molecule has 2 rings (SSSR count). The number of hydrogen-bond donors (Lipinski definition) is 3. The topological polar surface area (TPSA) is 122 Å². The van der Waals surface area contributed by atoms with E-state index in [4.69, 9.17) is 4.74 Å². The summed E-state index contributed by atoms with van der Waals surface area (Å²) in [5.74, 6) is -1.77. The molecule has 9 heteroatoms. The van der Waals surface area contributed by atoms with Crippen LogP contribution in [0.3, 0.4) is 0 Å². The zero-order valence-electron chi connectivity index (χ0n) is 14.9. The Labute approximate surface area is 155 Å². The summed E-state index contributed by atoms with van der Waals surface area (Å²) < 4.78 is 5.09. The monoisotopic (exact) mass is 369 g/mol. The number of carbonyl (C=O) groups excluding carboxylic acids is 3. The lowest BCUT2D eigenvalue weighted by Gasteiger charge is -2.09. The fourth-order valence-electron chi connectivity index (χ4n) is 2.04. The van der Waals surface area contributed by atoms with Gasteiger partial charge in [-0.25, -0.2) is 5.43 Å². The van der Waals surface area contributed by atoms with Crippen molar-refractivity contribution in [2.24, 2.45) is 5.10 Å². The van der Waals surface area contributed by atoms with E-state index in [1.54, 1.807) is 49.5 Å². The zero-order chi connectivity index (χ0) is 19.6. The third kappa shape index (κ3) is 6.24. The van der Waals surface area contributed by atoms with Gasteiger partial charge in [-0.2, -0.15) is 5.10 Å². The summed E-state index contributed by atoms with van der Waals surface area (Å²) in [5.41, 5.74) is 3.35. The number of methoxy groups -OCH3 is 1. The van der Waals surface area contributed by atoms with E-state index in [9.17, 15) is 14.4 Å². The van der Waals surface area contributed by atoms with Crippen molar-refractivity contribution in [1.82, 2.24) is 10.4 Å². The van der Waals surface area contributed by atoms with Crippen LogP contribution in [0.25, 0.3) is 0 Å². The molecule has 0 saturated carbocycles. The van der Waals surface area contributed by atoms with E-state index in [0.29, 0.717) is 22.8 Å². The molecule has 0 unspecified atom stereocenters. The number of hydrazone groups is 1. The lowest BCUT2D eigenvalue weighted by molar-refractivity contribution is -0.136. The number of aromatic nitrogens is 1. The third-order valence-electron chi connectivity index (χ3n) is 3.27. The standard InChI is InChI=1S/C18H19N5O4/c1-12(10-16(24)20-13-6-5-9-19-11-13)22-23-18(26)17(25)21-14-7-3-4-8-15(14)27-2/h3-9,11H,10H2,1-2H3,(H,20,24)(H,21,25)(H,23,26)/b22-12+. The van der Waals surface area contributed by atoms with Crippen molar-refractivity contribution in [2.75, 3.05) is 17.7 Å². The molecule has 1 aromatic heterocycles. The minimum Gasteiger partial charge on any atom is -0.495 e. The van der Waals surface area contributed by atoms with Gasteiger partial charge in [0.15, 0.2) is 0 Å². The Bertz CT molecular complexity index is 852. The molecule has 0 fully saturated rings. The first-order valence-electron chi connectivity index (χ1n) is 7.97. The number of ether oxygens (including phenoxy) is 1. The molecule has 0 aliphatic heterocycles. The van der Waals surface area contributed by atoms with Crippen LogP contribution in [0, 0.1) is 0 Å². The summed E-state index contributed by atoms with van der Waals surface area (Å²) in [5, 5.41) is 8.83. The molecule has 2 aromatic rings. The molecule has 1 heterocycles. The van der Waals surface area contributed by atoms with E-state index >= 15 is 0 Å². The highest BCUT2D eigenvalue weighted by Crippen LogP contribution is 2.22. The van der Waals surface area contributed by atoms with Crippen molar-refractivity contribution in [1.29, 1.82) is 0 Å². The van der Waals surface area contributed by atoms with Crippen molar-refractivity contribution >= 4 is 34.8 Å². The van der Waals surface area contributed by atoms with Crippen LogP contribution in [-0.4, -0.2) is 35.5 Å². The van der Waals surface area contributed by atoms with Gasteiger partial charge in [0.05, 0.1) is 31.1 Å². The van der Waals surface area contributed by atoms with E-state index in [1.165, 1.54) is 13.3 Å². The summed E-state index contributed by atoms with van der Waals surface area (Å²) in [6.45, 7) is 1.56. The second-order valence-corrected chi connectivity index (χ2v) is 5.41. The lowest BCUT2D eigenvalue weighted by atomic mass is 10.3. The predicted molar refractivity (Wildman–Crippen MR) is 100 cm³/mol. The number of para-hydroxylation sites is 2. The Morgan fingerprint density at radius 1 is 1.07 bits per heavy atom. The Kier molecular flexibility index (Phi) is 7.00. The molecule has 3 amide bonds. The lowest BCUT2D eigenvalue weighted by Crippen LogP contribution is -2.33. The van der Waals surface area contributed by atoms with E-state index in [2.05, 4.69) is 26.1 Å². The van der Waals surface area contributed by atoms with E-state index in [-0.39, 0.29) is 12.3 Å². The largest absolute Gasteiger partial charge is 0.495 e. The van der Waals surface area contributed by atoms with Crippen LogP contribution in [0.1, 0.15) is 13.3 Å². The minimum atomic E-state index is -0.965. The number of anilines is 2.